The lowest BCUT2D eigenvalue weighted by Crippen LogP contribution is -2.24. The Hall–Kier alpha value is -1.12. The van der Waals surface area contributed by atoms with Crippen LogP contribution in [0.2, 0.25) is 0 Å². The van der Waals surface area contributed by atoms with Gasteiger partial charge in [-0.25, -0.2) is 4.98 Å². The fraction of sp³-hybridized carbons (Fsp3) is 0.600. The highest BCUT2D eigenvalue weighted by molar-refractivity contribution is 5.78. The van der Waals surface area contributed by atoms with Gasteiger partial charge in [-0.2, -0.15) is 0 Å². The van der Waals surface area contributed by atoms with Gasteiger partial charge in [-0.15, -0.1) is 0 Å². The van der Waals surface area contributed by atoms with Gasteiger partial charge in [0.2, 0.25) is 0 Å². The molecule has 1 aromatic heterocycles. The highest BCUT2D eigenvalue weighted by atomic mass is 16.1. The Balaban J connectivity index is 2.25. The van der Waals surface area contributed by atoms with E-state index in [0.717, 1.165) is 25.1 Å². The largest absolute Gasteiger partial charge is 0.334 e. The monoisotopic (exact) mass is 178 g/mol. The van der Waals surface area contributed by atoms with Crippen molar-refractivity contribution in [2.24, 2.45) is 5.92 Å². The lowest BCUT2D eigenvalue weighted by molar-refractivity contribution is -0.121. The van der Waals surface area contributed by atoms with Gasteiger partial charge in [-0.05, 0) is 26.7 Å². The van der Waals surface area contributed by atoms with Crippen LogP contribution in [-0.2, 0) is 17.8 Å². The summed E-state index contributed by atoms with van der Waals surface area (Å²) in [6.07, 6.45) is 3.83. The molecule has 3 nitrogen and oxygen atoms in total. The van der Waals surface area contributed by atoms with Crippen LogP contribution in [0.15, 0.2) is 6.33 Å². The Kier molecular flexibility index (Phi) is 1.94. The first-order chi connectivity index (χ1) is 6.18. The quantitative estimate of drug-likeness (QED) is 0.650. The Labute approximate surface area is 77.8 Å². The van der Waals surface area contributed by atoms with Crippen LogP contribution in [0.5, 0.6) is 0 Å². The summed E-state index contributed by atoms with van der Waals surface area (Å²) in [5.41, 5.74) is 2.42. The molecule has 0 radical (unpaired) electrons. The summed E-state index contributed by atoms with van der Waals surface area (Å²) in [6.45, 7) is 4.53. The Morgan fingerprint density at radius 3 is 3.15 bits per heavy atom. The number of carbonyl (C=O) groups is 1. The molecule has 70 valence electrons. The van der Waals surface area contributed by atoms with Gasteiger partial charge < -0.3 is 4.57 Å². The van der Waals surface area contributed by atoms with E-state index in [9.17, 15) is 4.79 Å². The standard InChI is InChI=1S/C10H14N2O/c1-7-10-4-3-9(8(2)13)5-12(10)6-11-7/h6,9H,3-5H2,1-2H3. The zero-order valence-corrected chi connectivity index (χ0v) is 8.08. The van der Waals surface area contributed by atoms with Crippen molar-refractivity contribution in [1.29, 1.82) is 0 Å². The van der Waals surface area contributed by atoms with Crippen molar-refractivity contribution in [3.8, 4) is 0 Å². The summed E-state index contributed by atoms with van der Waals surface area (Å²) in [4.78, 5) is 15.4. The number of imidazole rings is 1. The third kappa shape index (κ3) is 1.39. The molecule has 0 amide bonds. The van der Waals surface area contributed by atoms with E-state index in [0.29, 0.717) is 5.78 Å². The van der Waals surface area contributed by atoms with Crippen molar-refractivity contribution >= 4 is 5.78 Å². The molecule has 0 aliphatic carbocycles. The van der Waals surface area contributed by atoms with E-state index >= 15 is 0 Å². The summed E-state index contributed by atoms with van der Waals surface area (Å²) >= 11 is 0. The molecule has 1 aromatic rings. The molecule has 3 heteroatoms. The topological polar surface area (TPSA) is 34.9 Å². The van der Waals surface area contributed by atoms with E-state index in [-0.39, 0.29) is 5.92 Å². The van der Waals surface area contributed by atoms with Crippen molar-refractivity contribution in [2.75, 3.05) is 0 Å². The molecule has 1 aliphatic heterocycles. The summed E-state index contributed by atoms with van der Waals surface area (Å²) in [5.74, 6) is 0.512. The van der Waals surface area contributed by atoms with Crippen molar-refractivity contribution in [3.05, 3.63) is 17.7 Å². The summed E-state index contributed by atoms with van der Waals surface area (Å²) in [5, 5.41) is 0. The minimum absolute atomic E-state index is 0.209. The van der Waals surface area contributed by atoms with E-state index in [2.05, 4.69) is 9.55 Å². The van der Waals surface area contributed by atoms with Gasteiger partial charge in [-0.3, -0.25) is 4.79 Å². The van der Waals surface area contributed by atoms with Crippen molar-refractivity contribution in [3.63, 3.8) is 0 Å². The number of carbonyl (C=O) groups excluding carboxylic acids is 1. The van der Waals surface area contributed by atoms with Crippen LogP contribution in [0.1, 0.15) is 24.7 Å². The molecule has 2 rings (SSSR count). The number of aromatic nitrogens is 2. The number of fused-ring (bicyclic) bond motifs is 1. The predicted molar refractivity (Wildman–Crippen MR) is 49.5 cm³/mol. The minimum Gasteiger partial charge on any atom is -0.334 e. The number of hydrogen-bond acceptors (Lipinski definition) is 2. The summed E-state index contributed by atoms with van der Waals surface area (Å²) in [7, 11) is 0. The van der Waals surface area contributed by atoms with Crippen molar-refractivity contribution in [2.45, 2.75) is 33.2 Å². The van der Waals surface area contributed by atoms with Crippen LogP contribution in [0.4, 0.5) is 0 Å². The second kappa shape index (κ2) is 2.98. The van der Waals surface area contributed by atoms with Crippen LogP contribution < -0.4 is 0 Å². The Morgan fingerprint density at radius 1 is 1.69 bits per heavy atom. The number of Topliss-reactive ketones (excluding diaryl/α,β-unsaturated/α-hetero) is 1. The first-order valence-corrected chi connectivity index (χ1v) is 4.69. The van der Waals surface area contributed by atoms with Gasteiger partial charge in [0, 0.05) is 18.2 Å². The van der Waals surface area contributed by atoms with E-state index in [1.165, 1.54) is 5.69 Å². The fourth-order valence-corrected chi connectivity index (χ4v) is 1.96. The molecule has 0 spiro atoms. The molecule has 0 saturated carbocycles. The molecule has 0 N–H and O–H groups in total. The number of ketones is 1. The normalized spacial score (nSPS) is 21.2. The van der Waals surface area contributed by atoms with Gasteiger partial charge in [0.15, 0.2) is 0 Å². The number of hydrogen-bond donors (Lipinski definition) is 0. The Morgan fingerprint density at radius 2 is 2.46 bits per heavy atom. The maximum absolute atomic E-state index is 11.2. The number of nitrogens with zero attached hydrogens (tertiary/aromatic N) is 2. The maximum atomic E-state index is 11.2. The van der Waals surface area contributed by atoms with Crippen LogP contribution >= 0.6 is 0 Å². The maximum Gasteiger partial charge on any atom is 0.134 e. The summed E-state index contributed by atoms with van der Waals surface area (Å²) < 4.78 is 2.12. The lowest BCUT2D eigenvalue weighted by atomic mass is 9.94. The highest BCUT2D eigenvalue weighted by Crippen LogP contribution is 2.22. The van der Waals surface area contributed by atoms with Crippen LogP contribution in [0.3, 0.4) is 0 Å². The zero-order chi connectivity index (χ0) is 9.42. The van der Waals surface area contributed by atoms with Crippen LogP contribution in [0, 0.1) is 12.8 Å². The smallest absolute Gasteiger partial charge is 0.134 e. The molecule has 2 heterocycles. The number of aryl methyl sites for hydroxylation is 1. The lowest BCUT2D eigenvalue weighted by Gasteiger charge is -2.22. The highest BCUT2D eigenvalue weighted by Gasteiger charge is 2.22. The second-order valence-corrected chi connectivity index (χ2v) is 3.78. The van der Waals surface area contributed by atoms with E-state index in [1.807, 2.05) is 13.3 Å². The second-order valence-electron chi connectivity index (χ2n) is 3.78. The molecule has 0 bridgehead atoms. The molecule has 0 saturated heterocycles. The van der Waals surface area contributed by atoms with Crippen LogP contribution in [0.25, 0.3) is 0 Å². The molecule has 1 aliphatic rings. The minimum atomic E-state index is 0.209. The van der Waals surface area contributed by atoms with E-state index in [4.69, 9.17) is 0 Å². The average Bonchev–Trinajstić information content (AvgIpc) is 2.47. The Bertz CT molecular complexity index is 341. The molecule has 13 heavy (non-hydrogen) atoms. The van der Waals surface area contributed by atoms with Gasteiger partial charge in [0.05, 0.1) is 12.0 Å². The average molecular weight is 178 g/mol. The first-order valence-electron chi connectivity index (χ1n) is 4.69. The number of rotatable bonds is 1. The van der Waals surface area contributed by atoms with Crippen molar-refractivity contribution in [1.82, 2.24) is 9.55 Å². The molecule has 1 unspecified atom stereocenters. The first kappa shape index (κ1) is 8.48. The fourth-order valence-electron chi connectivity index (χ4n) is 1.96. The third-order valence-electron chi connectivity index (χ3n) is 2.88. The summed E-state index contributed by atoms with van der Waals surface area (Å²) in [6, 6.07) is 0. The van der Waals surface area contributed by atoms with Crippen LogP contribution in [-0.4, -0.2) is 15.3 Å². The van der Waals surface area contributed by atoms with Gasteiger partial charge in [0.25, 0.3) is 0 Å². The molecule has 0 fully saturated rings. The van der Waals surface area contributed by atoms with Crippen molar-refractivity contribution < 1.29 is 4.79 Å². The van der Waals surface area contributed by atoms with Gasteiger partial charge in [0.1, 0.15) is 5.78 Å². The molecular weight excluding hydrogens is 164 g/mol. The van der Waals surface area contributed by atoms with Gasteiger partial charge in [-0.1, -0.05) is 0 Å². The zero-order valence-electron chi connectivity index (χ0n) is 8.08. The molecule has 1 atom stereocenters. The SMILES string of the molecule is CC(=O)C1CCc2c(C)ncn2C1. The predicted octanol–water partition coefficient (Wildman–Crippen LogP) is 1.34. The molecular formula is C10H14N2O. The van der Waals surface area contributed by atoms with Gasteiger partial charge >= 0.3 is 0 Å². The van der Waals surface area contributed by atoms with E-state index < -0.39 is 0 Å². The third-order valence-corrected chi connectivity index (χ3v) is 2.88. The molecule has 0 aromatic carbocycles. The van der Waals surface area contributed by atoms with E-state index in [1.54, 1.807) is 6.92 Å².